The van der Waals surface area contributed by atoms with Crippen LogP contribution in [0, 0.1) is 10.1 Å². The lowest BCUT2D eigenvalue weighted by atomic mass is 10.0. The van der Waals surface area contributed by atoms with Gasteiger partial charge in [-0.2, -0.15) is 0 Å². The fraction of sp³-hybridized carbons (Fsp3) is 0.231. The molecule has 0 bridgehead atoms. The second kappa shape index (κ2) is 5.53. The Morgan fingerprint density at radius 1 is 1.42 bits per heavy atom. The van der Waals surface area contributed by atoms with Crippen LogP contribution in [0.5, 0.6) is 5.75 Å². The van der Waals surface area contributed by atoms with Crippen LogP contribution in [0.3, 0.4) is 0 Å². The highest BCUT2D eigenvalue weighted by Crippen LogP contribution is 2.24. The van der Waals surface area contributed by atoms with Gasteiger partial charge in [0, 0.05) is 0 Å². The number of rotatable bonds is 5. The number of ether oxygens (including phenoxy) is 1. The van der Waals surface area contributed by atoms with Gasteiger partial charge in [-0.1, -0.05) is 12.1 Å². The van der Waals surface area contributed by atoms with E-state index in [2.05, 4.69) is 0 Å². The van der Waals surface area contributed by atoms with E-state index in [-0.39, 0.29) is 5.88 Å². The number of furan rings is 1. The Hall–Kier alpha value is -2.34. The number of hydrogen-bond acceptors (Lipinski definition) is 5. The zero-order valence-corrected chi connectivity index (χ0v) is 10.4. The van der Waals surface area contributed by atoms with Crippen LogP contribution < -0.4 is 10.5 Å². The Labute approximate surface area is 109 Å². The normalized spacial score (nSPS) is 12.1. The maximum atomic E-state index is 10.5. The summed E-state index contributed by atoms with van der Waals surface area (Å²) in [7, 11) is 1.59. The van der Waals surface area contributed by atoms with E-state index in [9.17, 15) is 10.1 Å². The van der Waals surface area contributed by atoms with E-state index < -0.39 is 11.0 Å². The van der Waals surface area contributed by atoms with E-state index in [1.807, 2.05) is 24.3 Å². The molecule has 0 saturated carbocycles. The summed E-state index contributed by atoms with van der Waals surface area (Å²) >= 11 is 0. The molecule has 6 nitrogen and oxygen atoms in total. The van der Waals surface area contributed by atoms with Gasteiger partial charge in [-0.25, -0.2) is 0 Å². The number of nitrogens with zero attached hydrogens (tertiary/aromatic N) is 1. The Kier molecular flexibility index (Phi) is 3.82. The molecule has 0 aliphatic rings. The third kappa shape index (κ3) is 3.11. The summed E-state index contributed by atoms with van der Waals surface area (Å²) in [4.78, 5) is 9.95. The molecule has 1 atom stereocenters. The molecular weight excluding hydrogens is 248 g/mol. The predicted octanol–water partition coefficient (Wildman–Crippen LogP) is 2.44. The molecule has 2 N–H and O–H groups in total. The molecule has 19 heavy (non-hydrogen) atoms. The Morgan fingerprint density at radius 3 is 2.84 bits per heavy atom. The molecule has 1 aromatic carbocycles. The average Bonchev–Trinajstić information content (AvgIpc) is 2.89. The SMILES string of the molecule is COc1cccc(CC(N)c2ccc([N+](=O)[O-])o2)c1. The van der Waals surface area contributed by atoms with Crippen LogP contribution in [0.2, 0.25) is 0 Å². The first-order valence-electron chi connectivity index (χ1n) is 5.73. The number of nitro groups is 1. The maximum Gasteiger partial charge on any atom is 0.433 e. The van der Waals surface area contributed by atoms with Crippen molar-refractivity contribution in [1.29, 1.82) is 0 Å². The van der Waals surface area contributed by atoms with Crippen LogP contribution in [0.1, 0.15) is 17.4 Å². The molecule has 0 aliphatic carbocycles. The minimum Gasteiger partial charge on any atom is -0.497 e. The molecule has 2 rings (SSSR count). The predicted molar refractivity (Wildman–Crippen MR) is 69.0 cm³/mol. The van der Waals surface area contributed by atoms with Crippen LogP contribution in [0.25, 0.3) is 0 Å². The Balaban J connectivity index is 2.10. The van der Waals surface area contributed by atoms with Crippen molar-refractivity contribution >= 4 is 5.88 Å². The molecular formula is C13H14N2O4. The molecule has 1 aromatic heterocycles. The molecule has 0 amide bonds. The molecule has 1 heterocycles. The average molecular weight is 262 g/mol. The lowest BCUT2D eigenvalue weighted by Crippen LogP contribution is -2.12. The Morgan fingerprint density at radius 2 is 2.21 bits per heavy atom. The van der Waals surface area contributed by atoms with E-state index in [0.717, 1.165) is 11.3 Å². The minimum absolute atomic E-state index is 0.295. The smallest absolute Gasteiger partial charge is 0.433 e. The summed E-state index contributed by atoms with van der Waals surface area (Å²) in [6.07, 6.45) is 0.516. The second-order valence-corrected chi connectivity index (χ2v) is 4.10. The first-order chi connectivity index (χ1) is 9.10. The van der Waals surface area contributed by atoms with Gasteiger partial charge in [0.05, 0.1) is 19.2 Å². The van der Waals surface area contributed by atoms with Gasteiger partial charge in [0.25, 0.3) is 0 Å². The lowest BCUT2D eigenvalue weighted by molar-refractivity contribution is -0.402. The highest BCUT2D eigenvalue weighted by atomic mass is 16.6. The molecule has 0 saturated heterocycles. The summed E-state index contributed by atoms with van der Waals surface area (Å²) in [5, 5.41) is 10.5. The van der Waals surface area contributed by atoms with Gasteiger partial charge in [0.2, 0.25) is 0 Å². The maximum absolute atomic E-state index is 10.5. The van der Waals surface area contributed by atoms with Crippen LogP contribution in [-0.2, 0) is 6.42 Å². The van der Waals surface area contributed by atoms with Gasteiger partial charge in [0.1, 0.15) is 16.4 Å². The van der Waals surface area contributed by atoms with Crippen molar-refractivity contribution in [2.45, 2.75) is 12.5 Å². The fourth-order valence-electron chi connectivity index (χ4n) is 1.79. The number of benzene rings is 1. The molecule has 0 aliphatic heterocycles. The van der Waals surface area contributed by atoms with E-state index in [1.54, 1.807) is 7.11 Å². The number of hydrogen-bond donors (Lipinski definition) is 1. The van der Waals surface area contributed by atoms with E-state index >= 15 is 0 Å². The third-order valence-electron chi connectivity index (χ3n) is 2.75. The highest BCUT2D eigenvalue weighted by molar-refractivity contribution is 5.30. The Bertz CT molecular complexity index is 580. The summed E-state index contributed by atoms with van der Waals surface area (Å²) in [5.41, 5.74) is 6.95. The van der Waals surface area contributed by atoms with Crippen molar-refractivity contribution < 1.29 is 14.1 Å². The van der Waals surface area contributed by atoms with E-state index in [1.165, 1.54) is 12.1 Å². The quantitative estimate of drug-likeness (QED) is 0.660. The lowest BCUT2D eigenvalue weighted by Gasteiger charge is -2.09. The van der Waals surface area contributed by atoms with Crippen LogP contribution in [0.4, 0.5) is 5.88 Å². The van der Waals surface area contributed by atoms with Crippen molar-refractivity contribution in [1.82, 2.24) is 0 Å². The zero-order valence-electron chi connectivity index (χ0n) is 10.4. The van der Waals surface area contributed by atoms with Gasteiger partial charge < -0.3 is 14.9 Å². The first kappa shape index (κ1) is 13.1. The van der Waals surface area contributed by atoms with E-state index in [0.29, 0.717) is 12.2 Å². The summed E-state index contributed by atoms with van der Waals surface area (Å²) < 4.78 is 10.2. The summed E-state index contributed by atoms with van der Waals surface area (Å²) in [5.74, 6) is 0.848. The monoisotopic (exact) mass is 262 g/mol. The second-order valence-electron chi connectivity index (χ2n) is 4.10. The van der Waals surface area contributed by atoms with Gasteiger partial charge >= 0.3 is 5.88 Å². The number of nitrogens with two attached hydrogens (primary N) is 1. The molecule has 0 fully saturated rings. The van der Waals surface area contributed by atoms with Crippen molar-refractivity contribution in [3.63, 3.8) is 0 Å². The molecule has 100 valence electrons. The van der Waals surface area contributed by atoms with Gasteiger partial charge in [-0.05, 0) is 30.2 Å². The molecule has 0 spiro atoms. The third-order valence-corrected chi connectivity index (χ3v) is 2.75. The summed E-state index contributed by atoms with van der Waals surface area (Å²) in [6.45, 7) is 0. The summed E-state index contributed by atoms with van der Waals surface area (Å²) in [6, 6.07) is 9.90. The molecule has 0 radical (unpaired) electrons. The van der Waals surface area contributed by atoms with Crippen molar-refractivity contribution in [3.05, 3.63) is 57.8 Å². The van der Waals surface area contributed by atoms with Gasteiger partial charge in [-0.3, -0.25) is 10.1 Å². The van der Waals surface area contributed by atoms with Crippen LogP contribution in [0.15, 0.2) is 40.8 Å². The standard InChI is InChI=1S/C13H14N2O4/c1-18-10-4-2-3-9(7-10)8-11(14)12-5-6-13(19-12)15(16)17/h2-7,11H,8,14H2,1H3. The topological polar surface area (TPSA) is 91.5 Å². The largest absolute Gasteiger partial charge is 0.497 e. The first-order valence-corrected chi connectivity index (χ1v) is 5.73. The van der Waals surface area contributed by atoms with Crippen LogP contribution in [-0.4, -0.2) is 12.0 Å². The highest BCUT2D eigenvalue weighted by Gasteiger charge is 2.17. The molecule has 6 heteroatoms. The van der Waals surface area contributed by atoms with Crippen molar-refractivity contribution in [3.8, 4) is 5.75 Å². The fourth-order valence-corrected chi connectivity index (χ4v) is 1.79. The minimum atomic E-state index is -0.582. The molecule has 1 unspecified atom stereocenters. The van der Waals surface area contributed by atoms with Crippen LogP contribution >= 0.6 is 0 Å². The van der Waals surface area contributed by atoms with E-state index in [4.69, 9.17) is 14.9 Å². The van der Waals surface area contributed by atoms with Crippen molar-refractivity contribution in [2.24, 2.45) is 5.73 Å². The molecule has 2 aromatic rings. The zero-order chi connectivity index (χ0) is 13.8. The number of methoxy groups -OCH3 is 1. The van der Waals surface area contributed by atoms with Gasteiger partial charge in [0.15, 0.2) is 0 Å². The van der Waals surface area contributed by atoms with Crippen molar-refractivity contribution in [2.75, 3.05) is 7.11 Å². The van der Waals surface area contributed by atoms with Gasteiger partial charge in [-0.15, -0.1) is 0 Å².